The molecule has 0 aliphatic rings. The van der Waals surface area contributed by atoms with E-state index in [1.165, 1.54) is 0 Å². The van der Waals surface area contributed by atoms with Crippen LogP contribution in [-0.4, -0.2) is 28.5 Å². The number of para-hydroxylation sites is 2. The highest BCUT2D eigenvalue weighted by Crippen LogP contribution is 2.23. The maximum absolute atomic E-state index is 12.2. The van der Waals surface area contributed by atoms with Gasteiger partial charge in [-0.2, -0.15) is 10.2 Å². The molecule has 2 heterocycles. The summed E-state index contributed by atoms with van der Waals surface area (Å²) in [5.41, 5.74) is 6.69. The van der Waals surface area contributed by atoms with Crippen LogP contribution in [0.1, 0.15) is 16.7 Å². The number of carbonyl (C=O) groups is 1. The number of benzene rings is 2. The van der Waals surface area contributed by atoms with Crippen LogP contribution in [0.5, 0.6) is 5.75 Å². The average Bonchev–Trinajstić information content (AvgIpc) is 3.44. The molecule has 0 saturated carbocycles. The number of nitrogens with one attached hydrogen (secondary N) is 1. The summed E-state index contributed by atoms with van der Waals surface area (Å²) in [4.78, 5) is 12.2. The fourth-order valence-electron chi connectivity index (χ4n) is 3.17. The van der Waals surface area contributed by atoms with Gasteiger partial charge in [-0.1, -0.05) is 36.4 Å². The summed E-state index contributed by atoms with van der Waals surface area (Å²) < 4.78 is 12.9. The van der Waals surface area contributed by atoms with E-state index in [0.717, 1.165) is 16.8 Å². The fraction of sp³-hybridized carbons (Fsp3) is 0.125. The van der Waals surface area contributed by atoms with Gasteiger partial charge in [0.1, 0.15) is 11.4 Å². The Labute approximate surface area is 180 Å². The van der Waals surface area contributed by atoms with Crippen molar-refractivity contribution in [1.82, 2.24) is 15.2 Å². The molecule has 0 fully saturated rings. The molecule has 1 amide bonds. The number of aryl methyl sites for hydroxylation is 2. The summed E-state index contributed by atoms with van der Waals surface area (Å²) in [5.74, 6) is 0.973. The quantitative estimate of drug-likeness (QED) is 0.362. The summed E-state index contributed by atoms with van der Waals surface area (Å²) in [6, 6.07) is 19.2. The zero-order chi connectivity index (χ0) is 21.6. The molecule has 7 heteroatoms. The Morgan fingerprint density at radius 1 is 1.10 bits per heavy atom. The third-order valence-electron chi connectivity index (χ3n) is 4.67. The van der Waals surface area contributed by atoms with Gasteiger partial charge in [-0.3, -0.25) is 4.79 Å². The molecule has 0 bridgehead atoms. The molecule has 0 radical (unpaired) electrons. The smallest absolute Gasteiger partial charge is 0.277 e. The van der Waals surface area contributed by atoms with Crippen LogP contribution in [0.4, 0.5) is 0 Å². The number of carbonyl (C=O) groups excluding carboxylic acids is 1. The first-order valence-corrected chi connectivity index (χ1v) is 9.81. The van der Waals surface area contributed by atoms with Crippen LogP contribution in [0.25, 0.3) is 17.1 Å². The first-order valence-electron chi connectivity index (χ1n) is 9.81. The molecule has 0 aliphatic heterocycles. The van der Waals surface area contributed by atoms with Crippen molar-refractivity contribution in [2.24, 2.45) is 5.10 Å². The molecule has 2 aromatic carbocycles. The highest BCUT2D eigenvalue weighted by atomic mass is 16.5. The van der Waals surface area contributed by atoms with Crippen LogP contribution in [0.2, 0.25) is 0 Å². The Kier molecular flexibility index (Phi) is 5.93. The number of nitrogens with zero attached hydrogens (tertiary/aromatic N) is 3. The van der Waals surface area contributed by atoms with E-state index in [0.29, 0.717) is 22.8 Å². The number of hydrogen-bond donors (Lipinski definition) is 1. The third kappa shape index (κ3) is 4.72. The molecule has 0 saturated heterocycles. The second-order valence-electron chi connectivity index (χ2n) is 6.99. The van der Waals surface area contributed by atoms with E-state index in [1.54, 1.807) is 23.2 Å². The highest BCUT2D eigenvalue weighted by Gasteiger charge is 2.13. The first kappa shape index (κ1) is 20.2. The number of rotatable bonds is 7. The number of ether oxygens (including phenoxy) is 1. The molecule has 0 atom stereocenters. The van der Waals surface area contributed by atoms with E-state index < -0.39 is 0 Å². The maximum Gasteiger partial charge on any atom is 0.277 e. The molecule has 4 rings (SSSR count). The molecule has 2 aromatic heterocycles. The zero-order valence-electron chi connectivity index (χ0n) is 17.3. The van der Waals surface area contributed by atoms with Gasteiger partial charge in [-0.25, -0.2) is 10.1 Å². The minimum atomic E-state index is -0.353. The second kappa shape index (κ2) is 9.13. The standard InChI is InChI=1S/C24H22N4O3/c1-17-8-6-9-18(2)24(17)31-16-22(29)26-25-14-19-15-28(20-10-4-3-5-11-20)27-23(19)21-12-7-13-30-21/h3-15H,16H2,1-2H3,(H,26,29)/b25-14-. The fourth-order valence-corrected chi connectivity index (χ4v) is 3.17. The number of aromatic nitrogens is 2. The Morgan fingerprint density at radius 2 is 1.87 bits per heavy atom. The summed E-state index contributed by atoms with van der Waals surface area (Å²) in [6.07, 6.45) is 4.96. The van der Waals surface area contributed by atoms with Gasteiger partial charge in [0.05, 0.1) is 18.2 Å². The topological polar surface area (TPSA) is 81.6 Å². The summed E-state index contributed by atoms with van der Waals surface area (Å²) in [6.45, 7) is 3.76. The Balaban J connectivity index is 1.47. The van der Waals surface area contributed by atoms with E-state index in [-0.39, 0.29) is 12.5 Å². The van der Waals surface area contributed by atoms with Crippen LogP contribution in [-0.2, 0) is 4.79 Å². The van der Waals surface area contributed by atoms with Gasteiger partial charge in [0, 0.05) is 11.8 Å². The van der Waals surface area contributed by atoms with E-state index in [9.17, 15) is 4.79 Å². The third-order valence-corrected chi connectivity index (χ3v) is 4.67. The van der Waals surface area contributed by atoms with Crippen molar-refractivity contribution in [3.05, 3.63) is 89.8 Å². The lowest BCUT2D eigenvalue weighted by Crippen LogP contribution is -2.25. The zero-order valence-corrected chi connectivity index (χ0v) is 17.3. The van der Waals surface area contributed by atoms with Crippen LogP contribution >= 0.6 is 0 Å². The normalized spacial score (nSPS) is 11.0. The van der Waals surface area contributed by atoms with Crippen molar-refractivity contribution in [1.29, 1.82) is 0 Å². The van der Waals surface area contributed by atoms with Crippen LogP contribution in [0.3, 0.4) is 0 Å². The van der Waals surface area contributed by atoms with E-state index in [2.05, 4.69) is 15.6 Å². The number of hydrazone groups is 1. The molecule has 0 unspecified atom stereocenters. The summed E-state index contributed by atoms with van der Waals surface area (Å²) in [5, 5.41) is 8.69. The number of hydrogen-bond acceptors (Lipinski definition) is 5. The van der Waals surface area contributed by atoms with Crippen molar-refractivity contribution < 1.29 is 13.9 Å². The predicted molar refractivity (Wildman–Crippen MR) is 118 cm³/mol. The Hall–Kier alpha value is -4.13. The van der Waals surface area contributed by atoms with Gasteiger partial charge in [-0.15, -0.1) is 0 Å². The second-order valence-corrected chi connectivity index (χ2v) is 6.99. The molecule has 7 nitrogen and oxygen atoms in total. The van der Waals surface area contributed by atoms with Crippen molar-refractivity contribution in [3.63, 3.8) is 0 Å². The van der Waals surface area contributed by atoms with Gasteiger partial charge in [0.2, 0.25) is 0 Å². The lowest BCUT2D eigenvalue weighted by molar-refractivity contribution is -0.123. The minimum absolute atomic E-state index is 0.128. The molecular weight excluding hydrogens is 392 g/mol. The van der Waals surface area contributed by atoms with E-state index in [1.807, 2.05) is 74.6 Å². The van der Waals surface area contributed by atoms with Crippen LogP contribution in [0, 0.1) is 13.8 Å². The number of amides is 1. The lowest BCUT2D eigenvalue weighted by atomic mass is 10.1. The SMILES string of the molecule is Cc1cccc(C)c1OCC(=O)N/N=C\c1cn(-c2ccccc2)nc1-c1ccco1. The minimum Gasteiger partial charge on any atom is -0.483 e. The van der Waals surface area contributed by atoms with Crippen molar-refractivity contribution in [2.45, 2.75) is 13.8 Å². The maximum atomic E-state index is 12.2. The Bertz CT molecular complexity index is 1170. The monoisotopic (exact) mass is 414 g/mol. The first-order chi connectivity index (χ1) is 15.1. The predicted octanol–water partition coefficient (Wildman–Crippen LogP) is 4.28. The number of furan rings is 1. The van der Waals surface area contributed by atoms with Crippen molar-refractivity contribution in [2.75, 3.05) is 6.61 Å². The van der Waals surface area contributed by atoms with Gasteiger partial charge >= 0.3 is 0 Å². The van der Waals surface area contributed by atoms with Crippen molar-refractivity contribution in [3.8, 4) is 22.9 Å². The van der Waals surface area contributed by atoms with Gasteiger partial charge in [-0.05, 0) is 49.2 Å². The summed E-state index contributed by atoms with van der Waals surface area (Å²) >= 11 is 0. The molecule has 0 spiro atoms. The molecule has 1 N–H and O–H groups in total. The average molecular weight is 414 g/mol. The van der Waals surface area contributed by atoms with Crippen LogP contribution < -0.4 is 10.2 Å². The molecule has 4 aromatic rings. The lowest BCUT2D eigenvalue weighted by Gasteiger charge is -2.10. The molecule has 156 valence electrons. The molecular formula is C24H22N4O3. The molecule has 31 heavy (non-hydrogen) atoms. The highest BCUT2D eigenvalue weighted by molar-refractivity contribution is 5.88. The van der Waals surface area contributed by atoms with E-state index >= 15 is 0 Å². The van der Waals surface area contributed by atoms with Crippen molar-refractivity contribution >= 4 is 12.1 Å². The largest absolute Gasteiger partial charge is 0.483 e. The van der Waals surface area contributed by atoms with Gasteiger partial charge in [0.25, 0.3) is 5.91 Å². The summed E-state index contributed by atoms with van der Waals surface area (Å²) in [7, 11) is 0. The van der Waals surface area contributed by atoms with E-state index in [4.69, 9.17) is 9.15 Å². The Morgan fingerprint density at radius 3 is 2.58 bits per heavy atom. The van der Waals surface area contributed by atoms with Crippen LogP contribution in [0.15, 0.2) is 82.6 Å². The van der Waals surface area contributed by atoms with Gasteiger partial charge in [0.15, 0.2) is 12.4 Å². The molecule has 0 aliphatic carbocycles. The van der Waals surface area contributed by atoms with Gasteiger partial charge < -0.3 is 9.15 Å².